The first-order valence-electron chi connectivity index (χ1n) is 4.56. The maximum atomic E-state index is 5.92. The Morgan fingerprint density at radius 1 is 1.58 bits per heavy atom. The molecule has 1 heterocycles. The van der Waals surface area contributed by atoms with Gasteiger partial charge in [-0.05, 0) is 27.3 Å². The van der Waals surface area contributed by atoms with Crippen LogP contribution in [0.1, 0.15) is 20.3 Å². The van der Waals surface area contributed by atoms with Crippen molar-refractivity contribution in [1.29, 1.82) is 0 Å². The van der Waals surface area contributed by atoms with Crippen LogP contribution in [0.25, 0.3) is 0 Å². The van der Waals surface area contributed by atoms with E-state index >= 15 is 0 Å². The summed E-state index contributed by atoms with van der Waals surface area (Å²) in [6.07, 6.45) is 1.15. The Kier molecular flexibility index (Phi) is 3.09. The molecule has 0 bridgehead atoms. The first-order valence-corrected chi connectivity index (χ1v) is 4.56. The van der Waals surface area contributed by atoms with Crippen molar-refractivity contribution in [2.24, 2.45) is 5.73 Å². The highest BCUT2D eigenvalue weighted by Crippen LogP contribution is 2.12. The molecule has 2 N–H and O–H groups in total. The van der Waals surface area contributed by atoms with Gasteiger partial charge in [0.25, 0.3) is 0 Å². The number of hydrogen-bond donors (Lipinski definition) is 1. The zero-order valence-corrected chi connectivity index (χ0v) is 8.34. The topological polar surface area (TPSA) is 38.5 Å². The molecule has 12 heavy (non-hydrogen) atoms. The standard InChI is InChI=1S/C9H20N2O/c1-9(2,10)7-11(3)8-4-5-12-6-8/h8H,4-7,10H2,1-3H3. The molecule has 72 valence electrons. The van der Waals surface area contributed by atoms with Gasteiger partial charge in [0.2, 0.25) is 0 Å². The summed E-state index contributed by atoms with van der Waals surface area (Å²) >= 11 is 0. The minimum absolute atomic E-state index is 0.0999. The number of likely N-dealkylation sites (N-methyl/N-ethyl adjacent to an activating group) is 1. The lowest BCUT2D eigenvalue weighted by Gasteiger charge is -2.30. The number of hydrogen-bond acceptors (Lipinski definition) is 3. The van der Waals surface area contributed by atoms with E-state index in [4.69, 9.17) is 10.5 Å². The highest BCUT2D eigenvalue weighted by molar-refractivity contribution is 4.81. The first kappa shape index (κ1) is 9.96. The summed E-state index contributed by atoms with van der Waals surface area (Å²) in [5.41, 5.74) is 5.82. The van der Waals surface area contributed by atoms with Crippen LogP contribution in [0.2, 0.25) is 0 Å². The normalized spacial score (nSPS) is 25.2. The molecule has 0 aromatic heterocycles. The third-order valence-corrected chi connectivity index (χ3v) is 2.19. The second kappa shape index (κ2) is 3.73. The fraction of sp³-hybridized carbons (Fsp3) is 1.00. The van der Waals surface area contributed by atoms with E-state index in [2.05, 4.69) is 25.8 Å². The molecule has 1 atom stereocenters. The van der Waals surface area contributed by atoms with Crippen molar-refractivity contribution in [1.82, 2.24) is 4.90 Å². The van der Waals surface area contributed by atoms with E-state index in [9.17, 15) is 0 Å². The van der Waals surface area contributed by atoms with Crippen LogP contribution >= 0.6 is 0 Å². The SMILES string of the molecule is CN(CC(C)(C)N)C1CCOC1. The van der Waals surface area contributed by atoms with E-state index in [0.29, 0.717) is 6.04 Å². The van der Waals surface area contributed by atoms with Crippen molar-refractivity contribution in [2.75, 3.05) is 26.8 Å². The van der Waals surface area contributed by atoms with Crippen molar-refractivity contribution >= 4 is 0 Å². The number of nitrogens with two attached hydrogens (primary N) is 1. The Hall–Kier alpha value is -0.120. The van der Waals surface area contributed by atoms with Crippen LogP contribution in [-0.4, -0.2) is 43.3 Å². The van der Waals surface area contributed by atoms with Gasteiger partial charge in [-0.3, -0.25) is 4.90 Å². The second-order valence-corrected chi connectivity index (χ2v) is 4.42. The Morgan fingerprint density at radius 2 is 2.25 bits per heavy atom. The molecule has 0 radical (unpaired) electrons. The molecule has 3 nitrogen and oxygen atoms in total. The Labute approximate surface area is 74.9 Å². The van der Waals surface area contributed by atoms with Crippen molar-refractivity contribution in [3.8, 4) is 0 Å². The molecular formula is C9H20N2O. The van der Waals surface area contributed by atoms with E-state index in [1.54, 1.807) is 0 Å². The Balaban J connectivity index is 2.31. The molecule has 1 aliphatic heterocycles. The van der Waals surface area contributed by atoms with Crippen LogP contribution in [0.5, 0.6) is 0 Å². The van der Waals surface area contributed by atoms with Gasteiger partial charge in [-0.25, -0.2) is 0 Å². The van der Waals surface area contributed by atoms with E-state index in [-0.39, 0.29) is 5.54 Å². The van der Waals surface area contributed by atoms with Crippen molar-refractivity contribution in [2.45, 2.75) is 31.8 Å². The number of nitrogens with zero attached hydrogens (tertiary/aromatic N) is 1. The maximum absolute atomic E-state index is 5.92. The zero-order valence-electron chi connectivity index (χ0n) is 8.34. The van der Waals surface area contributed by atoms with Gasteiger partial charge in [0.05, 0.1) is 6.61 Å². The molecule has 3 heteroatoms. The fourth-order valence-corrected chi connectivity index (χ4v) is 1.64. The third-order valence-electron chi connectivity index (χ3n) is 2.19. The lowest BCUT2D eigenvalue weighted by Crippen LogP contribution is -2.47. The van der Waals surface area contributed by atoms with E-state index in [0.717, 1.165) is 26.2 Å². The maximum Gasteiger partial charge on any atom is 0.0622 e. The smallest absolute Gasteiger partial charge is 0.0622 e. The molecular weight excluding hydrogens is 152 g/mol. The quantitative estimate of drug-likeness (QED) is 0.671. The molecule has 0 amide bonds. The summed E-state index contributed by atoms with van der Waals surface area (Å²) in [5.74, 6) is 0. The van der Waals surface area contributed by atoms with Gasteiger partial charge in [0.15, 0.2) is 0 Å². The molecule has 1 aliphatic rings. The molecule has 1 unspecified atom stereocenters. The van der Waals surface area contributed by atoms with Gasteiger partial charge in [-0.2, -0.15) is 0 Å². The molecule has 0 saturated carbocycles. The van der Waals surface area contributed by atoms with Crippen LogP contribution < -0.4 is 5.73 Å². The first-order chi connectivity index (χ1) is 5.49. The van der Waals surface area contributed by atoms with Gasteiger partial charge in [-0.1, -0.05) is 0 Å². The summed E-state index contributed by atoms with van der Waals surface area (Å²) in [6.45, 7) is 6.81. The highest BCUT2D eigenvalue weighted by atomic mass is 16.5. The number of rotatable bonds is 3. The fourth-order valence-electron chi connectivity index (χ4n) is 1.64. The summed E-state index contributed by atoms with van der Waals surface area (Å²) in [6, 6.07) is 0.577. The minimum atomic E-state index is -0.0999. The summed E-state index contributed by atoms with van der Waals surface area (Å²) in [4.78, 5) is 2.30. The minimum Gasteiger partial charge on any atom is -0.380 e. The van der Waals surface area contributed by atoms with Crippen molar-refractivity contribution in [3.63, 3.8) is 0 Å². The van der Waals surface area contributed by atoms with Crippen LogP contribution in [0, 0.1) is 0 Å². The van der Waals surface area contributed by atoms with Gasteiger partial charge in [0, 0.05) is 24.7 Å². The lowest BCUT2D eigenvalue weighted by molar-refractivity contribution is 0.148. The monoisotopic (exact) mass is 172 g/mol. The van der Waals surface area contributed by atoms with E-state index in [1.807, 2.05) is 0 Å². The van der Waals surface area contributed by atoms with E-state index < -0.39 is 0 Å². The van der Waals surface area contributed by atoms with Crippen molar-refractivity contribution in [3.05, 3.63) is 0 Å². The molecule has 1 saturated heterocycles. The number of ether oxygens (including phenoxy) is 1. The average molecular weight is 172 g/mol. The Bertz CT molecular complexity index is 136. The van der Waals surface area contributed by atoms with Gasteiger partial charge < -0.3 is 10.5 Å². The average Bonchev–Trinajstić information content (AvgIpc) is 2.32. The van der Waals surface area contributed by atoms with Gasteiger partial charge in [-0.15, -0.1) is 0 Å². The summed E-state index contributed by atoms with van der Waals surface area (Å²) < 4.78 is 5.31. The molecule has 0 aromatic rings. The Morgan fingerprint density at radius 3 is 2.67 bits per heavy atom. The highest BCUT2D eigenvalue weighted by Gasteiger charge is 2.23. The molecule has 1 fully saturated rings. The van der Waals surface area contributed by atoms with Crippen LogP contribution in [-0.2, 0) is 4.74 Å². The van der Waals surface area contributed by atoms with E-state index in [1.165, 1.54) is 0 Å². The largest absolute Gasteiger partial charge is 0.380 e. The van der Waals surface area contributed by atoms with Crippen molar-refractivity contribution < 1.29 is 4.74 Å². The van der Waals surface area contributed by atoms with Crippen LogP contribution in [0.15, 0.2) is 0 Å². The van der Waals surface area contributed by atoms with Gasteiger partial charge >= 0.3 is 0 Å². The molecule has 0 aromatic carbocycles. The van der Waals surface area contributed by atoms with Crippen LogP contribution in [0.3, 0.4) is 0 Å². The summed E-state index contributed by atoms with van der Waals surface area (Å²) in [7, 11) is 2.12. The van der Waals surface area contributed by atoms with Gasteiger partial charge in [0.1, 0.15) is 0 Å². The summed E-state index contributed by atoms with van der Waals surface area (Å²) in [5, 5.41) is 0. The third kappa shape index (κ3) is 3.09. The molecule has 0 spiro atoms. The predicted octanol–water partition coefficient (Wildman–Crippen LogP) is 0.444. The molecule has 1 rings (SSSR count). The second-order valence-electron chi connectivity index (χ2n) is 4.42. The molecule has 0 aliphatic carbocycles. The lowest BCUT2D eigenvalue weighted by atomic mass is 10.1. The van der Waals surface area contributed by atoms with Crippen LogP contribution in [0.4, 0.5) is 0 Å². The zero-order chi connectivity index (χ0) is 9.19. The predicted molar refractivity (Wildman–Crippen MR) is 50.1 cm³/mol.